The van der Waals surface area contributed by atoms with Crippen molar-refractivity contribution in [2.75, 3.05) is 23.8 Å². The smallest absolute Gasteiger partial charge is 0.0646 e. The van der Waals surface area contributed by atoms with Gasteiger partial charge in [0.1, 0.15) is 0 Å². The van der Waals surface area contributed by atoms with Crippen LogP contribution in [0.4, 0.5) is 0 Å². The molecule has 2 aliphatic rings. The van der Waals surface area contributed by atoms with E-state index in [1.54, 1.807) is 0 Å². The van der Waals surface area contributed by atoms with Gasteiger partial charge >= 0.3 is 0 Å². The van der Waals surface area contributed by atoms with E-state index in [4.69, 9.17) is 0 Å². The molecule has 0 aromatic carbocycles. The van der Waals surface area contributed by atoms with Crippen molar-refractivity contribution in [2.24, 2.45) is 0 Å². The molecule has 4 heteroatoms. The van der Waals surface area contributed by atoms with Gasteiger partial charge in [-0.25, -0.2) is 0 Å². The van der Waals surface area contributed by atoms with Gasteiger partial charge in [0.25, 0.3) is 0 Å². The molecule has 0 saturated carbocycles. The van der Waals surface area contributed by atoms with E-state index in [9.17, 15) is 0 Å². The van der Waals surface area contributed by atoms with Crippen molar-refractivity contribution in [3.63, 3.8) is 0 Å². The second-order valence-corrected chi connectivity index (χ2v) is 10.5. The van der Waals surface area contributed by atoms with E-state index in [0.29, 0.717) is 8.95 Å². The molecule has 18 heavy (non-hydrogen) atoms. The van der Waals surface area contributed by atoms with Crippen molar-refractivity contribution in [3.8, 4) is 0 Å². The maximum absolute atomic E-state index is 3.81. The molecule has 0 aromatic rings. The lowest BCUT2D eigenvalue weighted by Crippen LogP contribution is -2.38. The summed E-state index contributed by atoms with van der Waals surface area (Å²) in [6.45, 7) is 5.97. The third kappa shape index (κ3) is 4.26. The number of rotatable bonds is 7. The molecule has 106 valence electrons. The summed E-state index contributed by atoms with van der Waals surface area (Å²) in [5.41, 5.74) is 0. The topological polar surface area (TPSA) is 12.0 Å². The lowest BCUT2D eigenvalue weighted by atomic mass is 10.0. The molecule has 1 unspecified atom stereocenters. The Bertz CT molecular complexity index is 245. The van der Waals surface area contributed by atoms with Crippen LogP contribution in [0.1, 0.15) is 52.4 Å². The summed E-state index contributed by atoms with van der Waals surface area (Å²) in [4.78, 5) is 0.419. The van der Waals surface area contributed by atoms with Gasteiger partial charge in [-0.15, -0.1) is 35.3 Å². The first-order chi connectivity index (χ1) is 8.68. The molecule has 0 aliphatic carbocycles. The molecule has 0 spiro atoms. The molecule has 2 aliphatic heterocycles. The van der Waals surface area contributed by atoms with Crippen LogP contribution in [0.3, 0.4) is 0 Å². The Labute approximate surface area is 125 Å². The van der Waals surface area contributed by atoms with Crippen LogP contribution in [0.2, 0.25) is 0 Å². The van der Waals surface area contributed by atoms with Crippen LogP contribution in [0.15, 0.2) is 0 Å². The first kappa shape index (κ1) is 15.4. The third-order valence-electron chi connectivity index (χ3n) is 3.99. The quantitative estimate of drug-likeness (QED) is 0.691. The number of hydrogen-bond donors (Lipinski definition) is 1. The predicted octanol–water partition coefficient (Wildman–Crippen LogP) is 4.58. The van der Waals surface area contributed by atoms with Crippen molar-refractivity contribution in [1.82, 2.24) is 5.32 Å². The van der Waals surface area contributed by atoms with Crippen molar-refractivity contribution in [2.45, 2.75) is 61.3 Å². The van der Waals surface area contributed by atoms with Crippen LogP contribution in [-0.4, -0.2) is 32.8 Å². The van der Waals surface area contributed by atoms with Gasteiger partial charge in [-0.05, 0) is 26.2 Å². The van der Waals surface area contributed by atoms with Crippen molar-refractivity contribution in [1.29, 1.82) is 0 Å². The summed E-state index contributed by atoms with van der Waals surface area (Å²) in [5.74, 6) is 4.01. The van der Waals surface area contributed by atoms with Gasteiger partial charge in [-0.1, -0.05) is 26.2 Å². The highest BCUT2D eigenvalue weighted by Crippen LogP contribution is 2.49. The molecule has 1 nitrogen and oxygen atoms in total. The monoisotopic (exact) mass is 305 g/mol. The zero-order valence-electron chi connectivity index (χ0n) is 11.8. The standard InChI is InChI=1S/C14H27NS3/c1-3-4-5-6-14(15-9-10-18-14)8-7-13(2)16-11-12-17-13/h15H,3-12H2,1-2H3. The summed E-state index contributed by atoms with van der Waals surface area (Å²) in [6.07, 6.45) is 8.23. The molecule has 0 aromatic heterocycles. The van der Waals surface area contributed by atoms with E-state index in [0.717, 1.165) is 0 Å². The van der Waals surface area contributed by atoms with Gasteiger partial charge in [0.05, 0.1) is 8.95 Å². The highest BCUT2D eigenvalue weighted by atomic mass is 32.2. The SMILES string of the molecule is CCCCCC1(CCC2(C)SCCS2)NCCS1. The van der Waals surface area contributed by atoms with Crippen LogP contribution in [0.25, 0.3) is 0 Å². The van der Waals surface area contributed by atoms with Crippen LogP contribution < -0.4 is 5.32 Å². The summed E-state index contributed by atoms with van der Waals surface area (Å²) >= 11 is 6.55. The van der Waals surface area contributed by atoms with Crippen LogP contribution >= 0.6 is 35.3 Å². The highest BCUT2D eigenvalue weighted by Gasteiger charge is 2.38. The fourth-order valence-corrected chi connectivity index (χ4v) is 7.00. The Morgan fingerprint density at radius 3 is 2.33 bits per heavy atom. The molecular weight excluding hydrogens is 278 g/mol. The van der Waals surface area contributed by atoms with Crippen molar-refractivity contribution in [3.05, 3.63) is 0 Å². The molecular formula is C14H27NS3. The number of nitrogens with one attached hydrogen (secondary N) is 1. The lowest BCUT2D eigenvalue weighted by molar-refractivity contribution is 0.405. The summed E-state index contributed by atoms with van der Waals surface area (Å²) < 4.78 is 0.503. The van der Waals surface area contributed by atoms with E-state index in [-0.39, 0.29) is 0 Å². The fraction of sp³-hybridized carbons (Fsp3) is 1.00. The average Bonchev–Trinajstić information content (AvgIpc) is 2.98. The maximum atomic E-state index is 3.81. The summed E-state index contributed by atoms with van der Waals surface area (Å²) in [7, 11) is 0. The van der Waals surface area contributed by atoms with E-state index in [2.05, 4.69) is 54.4 Å². The Kier molecular flexibility index (Phi) is 6.11. The first-order valence-corrected chi connectivity index (χ1v) is 10.3. The average molecular weight is 306 g/mol. The van der Waals surface area contributed by atoms with Crippen LogP contribution in [0, 0.1) is 0 Å². The molecule has 2 heterocycles. The molecule has 1 N–H and O–H groups in total. The molecule has 2 saturated heterocycles. The predicted molar refractivity (Wildman–Crippen MR) is 89.9 cm³/mol. The summed E-state index contributed by atoms with van der Waals surface area (Å²) in [6, 6.07) is 0. The van der Waals surface area contributed by atoms with Crippen LogP contribution in [-0.2, 0) is 0 Å². The van der Waals surface area contributed by atoms with Gasteiger partial charge in [-0.2, -0.15) is 0 Å². The molecule has 0 radical (unpaired) electrons. The number of thioether (sulfide) groups is 3. The zero-order valence-corrected chi connectivity index (χ0v) is 14.2. The second kappa shape index (κ2) is 7.14. The van der Waals surface area contributed by atoms with E-state index in [1.165, 1.54) is 62.3 Å². The Hall–Kier alpha value is 1.01. The second-order valence-electron chi connectivity index (χ2n) is 5.56. The molecule has 1 atom stereocenters. The lowest BCUT2D eigenvalue weighted by Gasteiger charge is -2.32. The van der Waals surface area contributed by atoms with Crippen molar-refractivity contribution < 1.29 is 0 Å². The molecule has 0 amide bonds. The third-order valence-corrected chi connectivity index (χ3v) is 8.92. The Balaban J connectivity index is 1.81. The van der Waals surface area contributed by atoms with E-state index in [1.807, 2.05) is 0 Å². The largest absolute Gasteiger partial charge is 0.302 e. The molecule has 2 rings (SSSR count). The first-order valence-electron chi connectivity index (χ1n) is 7.35. The highest BCUT2D eigenvalue weighted by molar-refractivity contribution is 8.21. The molecule has 2 fully saturated rings. The van der Waals surface area contributed by atoms with Gasteiger partial charge in [0.2, 0.25) is 0 Å². The van der Waals surface area contributed by atoms with Gasteiger partial charge in [0.15, 0.2) is 0 Å². The maximum Gasteiger partial charge on any atom is 0.0646 e. The van der Waals surface area contributed by atoms with E-state index >= 15 is 0 Å². The van der Waals surface area contributed by atoms with Crippen molar-refractivity contribution >= 4 is 35.3 Å². The Morgan fingerprint density at radius 1 is 0.944 bits per heavy atom. The van der Waals surface area contributed by atoms with Crippen LogP contribution in [0.5, 0.6) is 0 Å². The molecule has 0 bridgehead atoms. The number of unbranched alkanes of at least 4 members (excludes halogenated alkanes) is 2. The Morgan fingerprint density at radius 2 is 1.72 bits per heavy atom. The van der Waals surface area contributed by atoms with E-state index < -0.39 is 0 Å². The minimum absolute atomic E-state index is 0.419. The summed E-state index contributed by atoms with van der Waals surface area (Å²) in [5, 5.41) is 3.81. The normalized spacial score (nSPS) is 31.0. The van der Waals surface area contributed by atoms with Gasteiger partial charge in [0, 0.05) is 23.8 Å². The van der Waals surface area contributed by atoms with Gasteiger partial charge < -0.3 is 5.32 Å². The number of hydrogen-bond acceptors (Lipinski definition) is 4. The van der Waals surface area contributed by atoms with Gasteiger partial charge in [-0.3, -0.25) is 0 Å². The zero-order chi connectivity index (χ0) is 12.9. The minimum Gasteiger partial charge on any atom is -0.302 e. The fourth-order valence-electron chi connectivity index (χ4n) is 2.81. The minimum atomic E-state index is 0.419.